The third-order valence-electron chi connectivity index (χ3n) is 2.25. The van der Waals surface area contributed by atoms with E-state index in [4.69, 9.17) is 8.85 Å². The summed E-state index contributed by atoms with van der Waals surface area (Å²) in [7, 11) is 0.426. The Balaban J connectivity index is 4.68. The molecule has 4 heteroatoms. The van der Waals surface area contributed by atoms with Crippen LogP contribution in [0.2, 0.25) is 6.04 Å². The molecule has 0 radical (unpaired) electrons. The Labute approximate surface area is 87.4 Å². The summed E-state index contributed by atoms with van der Waals surface area (Å²) in [6.45, 7) is 7.43. The van der Waals surface area contributed by atoms with E-state index >= 15 is 0 Å². The van der Waals surface area contributed by atoms with Crippen molar-refractivity contribution >= 4 is 14.0 Å². The van der Waals surface area contributed by atoms with Gasteiger partial charge < -0.3 is 8.85 Å². The van der Waals surface area contributed by atoms with Gasteiger partial charge in [-0.2, -0.15) is 0 Å². The maximum Gasteiger partial charge on any atom is 0.415 e. The van der Waals surface area contributed by atoms with E-state index in [0.29, 0.717) is 11.6 Å². The fourth-order valence-corrected chi connectivity index (χ4v) is 3.96. The van der Waals surface area contributed by atoms with Crippen molar-refractivity contribution in [1.29, 1.82) is 0 Å². The Morgan fingerprint density at radius 1 is 1.36 bits per heavy atom. The van der Waals surface area contributed by atoms with Crippen LogP contribution in [-0.2, 0) is 13.6 Å². The molecule has 0 bridgehead atoms. The SMILES string of the molecule is C=C(C)C(=O)[Si](CCCC)(OC)OC. The fourth-order valence-electron chi connectivity index (χ4n) is 1.32. The average molecular weight is 216 g/mol. The molecule has 0 aliphatic carbocycles. The molecule has 0 aromatic carbocycles. The molecule has 0 rings (SSSR count). The lowest BCUT2D eigenvalue weighted by Crippen LogP contribution is -2.49. The minimum absolute atomic E-state index is 0.0315. The highest BCUT2D eigenvalue weighted by atomic mass is 28.4. The van der Waals surface area contributed by atoms with Gasteiger partial charge in [0.1, 0.15) is 0 Å². The van der Waals surface area contributed by atoms with E-state index in [1.807, 2.05) is 0 Å². The highest BCUT2D eigenvalue weighted by Crippen LogP contribution is 2.19. The Morgan fingerprint density at radius 3 is 2.14 bits per heavy atom. The summed E-state index contributed by atoms with van der Waals surface area (Å²) >= 11 is 0. The zero-order valence-corrected chi connectivity index (χ0v) is 10.6. The highest BCUT2D eigenvalue weighted by Gasteiger charge is 2.43. The summed E-state index contributed by atoms with van der Waals surface area (Å²) in [4.78, 5) is 11.8. The first-order valence-electron chi connectivity index (χ1n) is 4.84. The van der Waals surface area contributed by atoms with Crippen LogP contribution in [0.3, 0.4) is 0 Å². The Morgan fingerprint density at radius 2 is 1.86 bits per heavy atom. The van der Waals surface area contributed by atoms with Gasteiger partial charge in [0.25, 0.3) is 0 Å². The maximum atomic E-state index is 11.8. The molecule has 3 nitrogen and oxygen atoms in total. The molecule has 0 aromatic heterocycles. The number of unbranched alkanes of at least 4 members (excludes halogenated alkanes) is 1. The van der Waals surface area contributed by atoms with E-state index < -0.39 is 8.56 Å². The number of hydrogen-bond donors (Lipinski definition) is 0. The number of carbonyl (C=O) groups is 1. The first-order valence-corrected chi connectivity index (χ1v) is 6.87. The third-order valence-corrected chi connectivity index (χ3v) is 5.70. The van der Waals surface area contributed by atoms with Gasteiger partial charge in [0.05, 0.1) is 0 Å². The fraction of sp³-hybridized carbons (Fsp3) is 0.700. The first-order chi connectivity index (χ1) is 6.54. The summed E-state index contributed by atoms with van der Waals surface area (Å²) < 4.78 is 10.6. The molecule has 0 amide bonds. The molecule has 0 saturated carbocycles. The van der Waals surface area contributed by atoms with Gasteiger partial charge in [0.15, 0.2) is 5.41 Å². The monoisotopic (exact) mass is 216 g/mol. The molecule has 0 aliphatic heterocycles. The van der Waals surface area contributed by atoms with Gasteiger partial charge in [0, 0.05) is 14.2 Å². The van der Waals surface area contributed by atoms with E-state index in [2.05, 4.69) is 13.5 Å². The summed E-state index contributed by atoms with van der Waals surface area (Å²) in [5.41, 5.74) is 0.525. The van der Waals surface area contributed by atoms with E-state index in [1.165, 1.54) is 0 Å². The van der Waals surface area contributed by atoms with Gasteiger partial charge in [-0.3, -0.25) is 4.79 Å². The molecule has 0 atom stereocenters. The van der Waals surface area contributed by atoms with E-state index in [1.54, 1.807) is 21.1 Å². The lowest BCUT2D eigenvalue weighted by Gasteiger charge is -2.25. The molecular formula is C10H20O3Si. The Kier molecular flexibility index (Phi) is 5.91. The van der Waals surface area contributed by atoms with Crippen LogP contribution in [0.5, 0.6) is 0 Å². The van der Waals surface area contributed by atoms with Crippen molar-refractivity contribution in [1.82, 2.24) is 0 Å². The van der Waals surface area contributed by atoms with Gasteiger partial charge in [-0.05, 0) is 18.5 Å². The van der Waals surface area contributed by atoms with E-state index in [0.717, 1.165) is 12.8 Å². The lowest BCUT2D eigenvalue weighted by atomic mass is 10.4. The molecule has 0 spiro atoms. The largest absolute Gasteiger partial charge is 0.415 e. The van der Waals surface area contributed by atoms with Crippen LogP contribution >= 0.6 is 0 Å². The van der Waals surface area contributed by atoms with Gasteiger partial charge in [-0.15, -0.1) is 0 Å². The van der Waals surface area contributed by atoms with Gasteiger partial charge >= 0.3 is 8.56 Å². The zero-order chi connectivity index (χ0) is 11.2. The molecule has 14 heavy (non-hydrogen) atoms. The molecular weight excluding hydrogens is 196 g/mol. The quantitative estimate of drug-likeness (QED) is 0.483. The van der Waals surface area contributed by atoms with Crippen LogP contribution in [0.15, 0.2) is 12.2 Å². The molecule has 82 valence electrons. The second-order valence-electron chi connectivity index (χ2n) is 3.37. The van der Waals surface area contributed by atoms with Crippen molar-refractivity contribution < 1.29 is 13.6 Å². The van der Waals surface area contributed by atoms with Crippen molar-refractivity contribution in [2.75, 3.05) is 14.2 Å². The summed E-state index contributed by atoms with van der Waals surface area (Å²) in [5, 5.41) is -0.0315. The summed E-state index contributed by atoms with van der Waals surface area (Å²) in [6, 6.07) is 0.711. The molecule has 0 fully saturated rings. The predicted molar refractivity (Wildman–Crippen MR) is 59.3 cm³/mol. The topological polar surface area (TPSA) is 35.5 Å². The van der Waals surface area contributed by atoms with E-state index in [-0.39, 0.29) is 5.41 Å². The Bertz CT molecular complexity index is 209. The summed E-state index contributed by atoms with van der Waals surface area (Å²) in [6.07, 6.45) is 1.98. The number of rotatable bonds is 7. The number of allylic oxidation sites excluding steroid dienone is 1. The van der Waals surface area contributed by atoms with Crippen LogP contribution in [0.4, 0.5) is 0 Å². The maximum absolute atomic E-state index is 11.8. The molecule has 0 saturated heterocycles. The zero-order valence-electron chi connectivity index (χ0n) is 9.55. The van der Waals surface area contributed by atoms with Crippen molar-refractivity contribution in [3.05, 3.63) is 12.2 Å². The number of hydrogen-bond acceptors (Lipinski definition) is 3. The van der Waals surface area contributed by atoms with Crippen LogP contribution in [0.25, 0.3) is 0 Å². The molecule has 0 N–H and O–H groups in total. The van der Waals surface area contributed by atoms with E-state index in [9.17, 15) is 4.79 Å². The molecule has 0 aromatic rings. The minimum atomic E-state index is -2.67. The molecule has 0 heterocycles. The highest BCUT2D eigenvalue weighted by molar-refractivity contribution is 6.99. The van der Waals surface area contributed by atoms with Crippen molar-refractivity contribution in [3.63, 3.8) is 0 Å². The van der Waals surface area contributed by atoms with Crippen molar-refractivity contribution in [3.8, 4) is 0 Å². The average Bonchev–Trinajstić information content (AvgIpc) is 2.19. The summed E-state index contributed by atoms with van der Waals surface area (Å²) in [5.74, 6) is 0. The van der Waals surface area contributed by atoms with Crippen molar-refractivity contribution in [2.45, 2.75) is 32.7 Å². The Hall–Kier alpha value is -0.453. The minimum Gasteiger partial charge on any atom is -0.392 e. The van der Waals surface area contributed by atoms with Gasteiger partial charge in [-0.1, -0.05) is 26.3 Å². The van der Waals surface area contributed by atoms with Crippen LogP contribution in [-0.4, -0.2) is 28.2 Å². The number of carbonyl (C=O) groups excluding carboxylic acids is 1. The van der Waals surface area contributed by atoms with Crippen molar-refractivity contribution in [2.24, 2.45) is 0 Å². The first kappa shape index (κ1) is 13.5. The van der Waals surface area contributed by atoms with Crippen LogP contribution in [0.1, 0.15) is 26.7 Å². The van der Waals surface area contributed by atoms with Gasteiger partial charge in [-0.25, -0.2) is 0 Å². The van der Waals surface area contributed by atoms with Crippen LogP contribution in [0, 0.1) is 0 Å². The predicted octanol–water partition coefficient (Wildman–Crippen LogP) is 2.21. The van der Waals surface area contributed by atoms with Gasteiger partial charge in [0.2, 0.25) is 0 Å². The second-order valence-corrected chi connectivity index (χ2v) is 6.65. The smallest absolute Gasteiger partial charge is 0.392 e. The molecule has 0 aliphatic rings. The lowest BCUT2D eigenvalue weighted by molar-refractivity contribution is -0.112. The third kappa shape index (κ3) is 3.04. The van der Waals surface area contributed by atoms with Crippen LogP contribution < -0.4 is 0 Å². The normalized spacial score (nSPS) is 11.4. The second kappa shape index (κ2) is 6.11. The standard InChI is InChI=1S/C10H20O3Si/c1-6-7-8-14(12-4,13-5)10(11)9(2)3/h2,6-8H2,1,3-5H3. The molecule has 0 unspecified atom stereocenters.